The lowest BCUT2D eigenvalue weighted by atomic mass is 9.98. The van der Waals surface area contributed by atoms with Crippen LogP contribution in [0.5, 0.6) is 11.5 Å². The van der Waals surface area contributed by atoms with E-state index in [0.717, 1.165) is 22.9 Å². The zero-order valence-corrected chi connectivity index (χ0v) is 22.1. The quantitative estimate of drug-likeness (QED) is 0.222. The van der Waals surface area contributed by atoms with E-state index < -0.39 is 11.9 Å². The van der Waals surface area contributed by atoms with Crippen LogP contribution in [0.15, 0.2) is 74.3 Å². The number of carbonyl (C=O) groups is 1. The third-order valence-electron chi connectivity index (χ3n) is 6.19. The average Bonchev–Trinajstić information content (AvgIpc) is 3.17. The van der Waals surface area contributed by atoms with Crippen molar-refractivity contribution in [2.75, 3.05) is 18.6 Å². The molecule has 1 aromatic heterocycles. The van der Waals surface area contributed by atoms with Crippen molar-refractivity contribution in [1.82, 2.24) is 0 Å². The Balaban J connectivity index is 1.72. The van der Waals surface area contributed by atoms with Crippen LogP contribution in [-0.4, -0.2) is 19.6 Å². The summed E-state index contributed by atoms with van der Waals surface area (Å²) >= 11 is 9.85. The van der Waals surface area contributed by atoms with Crippen LogP contribution in [0.1, 0.15) is 47.5 Å². The van der Waals surface area contributed by atoms with Crippen molar-refractivity contribution < 1.29 is 18.7 Å². The summed E-state index contributed by atoms with van der Waals surface area (Å²) < 4.78 is 18.0. The molecule has 5 rings (SSSR count). The molecule has 1 atom stereocenters. The van der Waals surface area contributed by atoms with Gasteiger partial charge in [-0.05, 0) is 60.5 Å². The van der Waals surface area contributed by atoms with E-state index in [9.17, 15) is 9.59 Å². The third kappa shape index (κ3) is 4.27. The van der Waals surface area contributed by atoms with E-state index in [1.165, 1.54) is 7.11 Å². The van der Waals surface area contributed by atoms with E-state index >= 15 is 0 Å². The second-order valence-corrected chi connectivity index (χ2v) is 9.81. The summed E-state index contributed by atoms with van der Waals surface area (Å²) in [4.78, 5) is 29.1. The van der Waals surface area contributed by atoms with Crippen molar-refractivity contribution in [3.63, 3.8) is 0 Å². The number of benzene rings is 3. The van der Waals surface area contributed by atoms with Gasteiger partial charge in [0.15, 0.2) is 5.43 Å². The molecule has 0 fully saturated rings. The Kier molecular flexibility index (Phi) is 6.77. The first-order valence-electron chi connectivity index (χ1n) is 11.6. The minimum Gasteiger partial charge on any atom is -0.495 e. The fourth-order valence-corrected chi connectivity index (χ4v) is 5.05. The van der Waals surface area contributed by atoms with Gasteiger partial charge in [-0.2, -0.15) is 0 Å². The summed E-state index contributed by atoms with van der Waals surface area (Å²) in [6.45, 7) is 2.68. The van der Waals surface area contributed by atoms with Gasteiger partial charge >= 0.3 is 0 Å². The highest BCUT2D eigenvalue weighted by molar-refractivity contribution is 9.10. The van der Waals surface area contributed by atoms with Crippen molar-refractivity contribution in [1.29, 1.82) is 0 Å². The van der Waals surface area contributed by atoms with Gasteiger partial charge in [0.05, 0.1) is 35.7 Å². The van der Waals surface area contributed by atoms with Gasteiger partial charge < -0.3 is 13.9 Å². The van der Waals surface area contributed by atoms with Crippen LogP contribution >= 0.6 is 27.5 Å². The number of halogens is 2. The number of amides is 1. The topological polar surface area (TPSA) is 69.0 Å². The maximum absolute atomic E-state index is 13.8. The largest absolute Gasteiger partial charge is 0.495 e. The molecule has 8 heteroatoms. The Morgan fingerprint density at radius 3 is 2.67 bits per heavy atom. The fraction of sp³-hybridized carbons (Fsp3) is 0.214. The number of unbranched alkanes of at least 4 members (excludes halogenated alkanes) is 1. The molecule has 6 nitrogen and oxygen atoms in total. The molecule has 0 bridgehead atoms. The van der Waals surface area contributed by atoms with Crippen LogP contribution in [0.3, 0.4) is 0 Å². The molecule has 184 valence electrons. The summed E-state index contributed by atoms with van der Waals surface area (Å²) in [5.41, 5.74) is 1.61. The molecule has 1 aliphatic rings. The number of hydrogen-bond acceptors (Lipinski definition) is 5. The predicted octanol–water partition coefficient (Wildman–Crippen LogP) is 7.15. The van der Waals surface area contributed by atoms with Crippen molar-refractivity contribution in [2.24, 2.45) is 0 Å². The number of anilines is 1. The highest BCUT2D eigenvalue weighted by Crippen LogP contribution is 2.43. The van der Waals surface area contributed by atoms with Crippen LogP contribution < -0.4 is 19.8 Å². The lowest BCUT2D eigenvalue weighted by Gasteiger charge is -2.26. The Hall–Kier alpha value is -3.29. The number of nitrogens with zero attached hydrogens (tertiary/aromatic N) is 1. The van der Waals surface area contributed by atoms with Crippen molar-refractivity contribution in [3.05, 3.63) is 97.3 Å². The van der Waals surface area contributed by atoms with Gasteiger partial charge in [0.25, 0.3) is 5.91 Å². The monoisotopic (exact) mass is 567 g/mol. The number of hydrogen-bond donors (Lipinski definition) is 0. The molecule has 1 amide bonds. The Morgan fingerprint density at radius 1 is 1.08 bits per heavy atom. The first kappa shape index (κ1) is 24.4. The summed E-state index contributed by atoms with van der Waals surface area (Å²) in [5, 5.41) is 0.744. The van der Waals surface area contributed by atoms with Gasteiger partial charge in [-0.15, -0.1) is 0 Å². The maximum atomic E-state index is 13.8. The minimum absolute atomic E-state index is 0.0177. The van der Waals surface area contributed by atoms with Crippen LogP contribution in [0.4, 0.5) is 5.69 Å². The molecular formula is C28H23BrClNO5. The van der Waals surface area contributed by atoms with Gasteiger partial charge in [0, 0.05) is 10.2 Å². The highest BCUT2D eigenvalue weighted by atomic mass is 79.9. The zero-order chi connectivity index (χ0) is 25.4. The SMILES string of the molecule is CCCCOc1cccc(C2c3c(oc4ccc(Br)cc4c3=O)C(=O)N2c2ccc(OC)c(Cl)c2)c1. The molecule has 0 aliphatic carbocycles. The summed E-state index contributed by atoms with van der Waals surface area (Å²) in [6.07, 6.45) is 1.94. The smallest absolute Gasteiger partial charge is 0.295 e. The lowest BCUT2D eigenvalue weighted by Crippen LogP contribution is -2.29. The van der Waals surface area contributed by atoms with Gasteiger partial charge in [-0.3, -0.25) is 14.5 Å². The van der Waals surface area contributed by atoms with Crippen molar-refractivity contribution in [3.8, 4) is 11.5 Å². The second kappa shape index (κ2) is 9.99. The molecule has 2 heterocycles. The Bertz CT molecular complexity index is 1530. The number of ether oxygens (including phenoxy) is 2. The summed E-state index contributed by atoms with van der Waals surface area (Å²) in [6, 6.07) is 17.0. The Morgan fingerprint density at radius 2 is 1.92 bits per heavy atom. The molecule has 0 saturated heterocycles. The van der Waals surface area contributed by atoms with Crippen LogP contribution in [0.2, 0.25) is 5.02 Å². The molecule has 3 aromatic carbocycles. The van der Waals surface area contributed by atoms with Gasteiger partial charge in [0.2, 0.25) is 5.76 Å². The van der Waals surface area contributed by atoms with Gasteiger partial charge in [0.1, 0.15) is 17.1 Å². The van der Waals surface area contributed by atoms with E-state index in [1.54, 1.807) is 41.3 Å². The number of carbonyl (C=O) groups excluding carboxylic acids is 1. The van der Waals surface area contributed by atoms with Gasteiger partial charge in [-0.1, -0.05) is 53.0 Å². The van der Waals surface area contributed by atoms with Crippen molar-refractivity contribution in [2.45, 2.75) is 25.8 Å². The first-order valence-corrected chi connectivity index (χ1v) is 12.8. The Labute approximate surface area is 221 Å². The maximum Gasteiger partial charge on any atom is 0.295 e. The molecule has 1 aliphatic heterocycles. The van der Waals surface area contributed by atoms with E-state index in [2.05, 4.69) is 22.9 Å². The molecular weight excluding hydrogens is 546 g/mol. The average molecular weight is 569 g/mol. The number of methoxy groups -OCH3 is 1. The summed E-state index contributed by atoms with van der Waals surface area (Å²) in [7, 11) is 1.52. The molecule has 0 N–H and O–H groups in total. The second-order valence-electron chi connectivity index (χ2n) is 8.49. The van der Waals surface area contributed by atoms with Crippen LogP contribution in [0, 0.1) is 0 Å². The van der Waals surface area contributed by atoms with E-state index in [0.29, 0.717) is 39.8 Å². The summed E-state index contributed by atoms with van der Waals surface area (Å²) in [5.74, 6) is 0.749. The predicted molar refractivity (Wildman–Crippen MR) is 144 cm³/mol. The molecule has 4 aromatic rings. The highest BCUT2D eigenvalue weighted by Gasteiger charge is 2.44. The molecule has 0 spiro atoms. The number of rotatable bonds is 7. The number of fused-ring (bicyclic) bond motifs is 2. The molecule has 36 heavy (non-hydrogen) atoms. The van der Waals surface area contributed by atoms with Gasteiger partial charge in [-0.25, -0.2) is 0 Å². The van der Waals surface area contributed by atoms with Crippen LogP contribution in [-0.2, 0) is 0 Å². The van der Waals surface area contributed by atoms with E-state index in [-0.39, 0.29) is 16.8 Å². The lowest BCUT2D eigenvalue weighted by molar-refractivity contribution is 0.0971. The molecule has 1 unspecified atom stereocenters. The standard InChI is InChI=1S/C28H23BrClNO5/c1-3-4-12-35-19-7-5-6-16(13-19)25-24-26(32)20-14-17(29)8-10-22(20)36-27(24)28(33)31(25)18-9-11-23(34-2)21(30)15-18/h5-11,13-15,25H,3-4,12H2,1-2H3. The first-order chi connectivity index (χ1) is 17.4. The van der Waals surface area contributed by atoms with E-state index in [4.69, 9.17) is 25.5 Å². The minimum atomic E-state index is -0.730. The molecule has 0 saturated carbocycles. The molecule has 0 radical (unpaired) electrons. The normalized spacial score (nSPS) is 14.8. The van der Waals surface area contributed by atoms with E-state index in [1.807, 2.05) is 24.3 Å². The third-order valence-corrected chi connectivity index (χ3v) is 6.97. The fourth-order valence-electron chi connectivity index (χ4n) is 4.44. The zero-order valence-electron chi connectivity index (χ0n) is 19.7. The van der Waals surface area contributed by atoms with Crippen molar-refractivity contribution >= 4 is 50.1 Å². The van der Waals surface area contributed by atoms with Crippen LogP contribution in [0.25, 0.3) is 11.0 Å².